The normalized spacial score (nSPS) is 17.5. The summed E-state index contributed by atoms with van der Waals surface area (Å²) < 4.78 is 7.33. The summed E-state index contributed by atoms with van der Waals surface area (Å²) in [6.07, 6.45) is 2.43. The zero-order valence-corrected chi connectivity index (χ0v) is 21.6. The molecule has 0 saturated carbocycles. The molecule has 5 rings (SSSR count). The number of nitrogens with one attached hydrogen (secondary N) is 1. The van der Waals surface area contributed by atoms with Gasteiger partial charge in [0.25, 0.3) is 0 Å². The van der Waals surface area contributed by atoms with Gasteiger partial charge >= 0.3 is 12.1 Å². The van der Waals surface area contributed by atoms with Gasteiger partial charge in [0.2, 0.25) is 0 Å². The molecule has 1 aliphatic rings. The van der Waals surface area contributed by atoms with Gasteiger partial charge in [0.15, 0.2) is 0 Å². The number of fused-ring (bicyclic) bond motifs is 1. The zero-order chi connectivity index (χ0) is 27.0. The van der Waals surface area contributed by atoms with Crippen LogP contribution in [0.25, 0.3) is 33.4 Å². The van der Waals surface area contributed by atoms with Gasteiger partial charge in [0.1, 0.15) is 17.8 Å². The molecule has 0 aliphatic carbocycles. The number of aryl methyl sites for hydroxylation is 1. The molecule has 0 spiro atoms. The minimum absolute atomic E-state index is 0.236. The molecule has 38 heavy (non-hydrogen) atoms. The SMILES string of the molecule is COc1cc2ncnc(-c3cn(C)nc3-c3ccccc3)c2cc1NC(=O)N1C[C@@H](C)N(C(=O)O)C[C@@H]1C. The summed E-state index contributed by atoms with van der Waals surface area (Å²) in [6, 6.07) is 12.5. The molecule has 2 aromatic heterocycles. The van der Waals surface area contributed by atoms with Crippen LogP contribution in [-0.4, -0.2) is 79.1 Å². The number of rotatable bonds is 4. The molecule has 3 amide bonds. The van der Waals surface area contributed by atoms with Gasteiger partial charge in [-0.25, -0.2) is 19.6 Å². The molecule has 2 N–H and O–H groups in total. The van der Waals surface area contributed by atoms with Gasteiger partial charge in [-0.15, -0.1) is 0 Å². The van der Waals surface area contributed by atoms with E-state index in [4.69, 9.17) is 4.74 Å². The minimum atomic E-state index is -0.988. The Balaban J connectivity index is 1.53. The standard InChI is InChI=1S/C27H29N7O4/c1-16-13-34(27(36)37)17(2)12-33(16)26(35)30-22-10-19-21(11-23(22)38-4)28-15-29-25(19)20-14-32(3)31-24(20)18-8-6-5-7-9-18/h5-11,14-17H,12-13H2,1-4H3,(H,30,35)(H,36,37)/t16-,17+/m0/s1. The minimum Gasteiger partial charge on any atom is -0.494 e. The van der Waals surface area contributed by atoms with Crippen molar-refractivity contribution in [3.05, 3.63) is 55.0 Å². The van der Waals surface area contributed by atoms with Crippen LogP contribution < -0.4 is 10.1 Å². The molecule has 11 heteroatoms. The molecule has 2 aromatic carbocycles. The number of benzene rings is 2. The first-order valence-electron chi connectivity index (χ1n) is 12.3. The maximum atomic E-state index is 13.4. The van der Waals surface area contributed by atoms with Crippen LogP contribution in [0.4, 0.5) is 15.3 Å². The van der Waals surface area contributed by atoms with E-state index >= 15 is 0 Å². The number of anilines is 1. The van der Waals surface area contributed by atoms with E-state index in [1.54, 1.807) is 22.6 Å². The van der Waals surface area contributed by atoms with Gasteiger partial charge in [-0.1, -0.05) is 30.3 Å². The van der Waals surface area contributed by atoms with Crippen molar-refractivity contribution in [1.82, 2.24) is 29.5 Å². The average Bonchev–Trinajstić information content (AvgIpc) is 3.30. The lowest BCUT2D eigenvalue weighted by Crippen LogP contribution is -2.60. The van der Waals surface area contributed by atoms with Crippen LogP contribution in [0.3, 0.4) is 0 Å². The van der Waals surface area contributed by atoms with E-state index in [2.05, 4.69) is 20.4 Å². The molecule has 196 valence electrons. The van der Waals surface area contributed by atoms with Gasteiger partial charge in [-0.2, -0.15) is 5.10 Å². The molecule has 11 nitrogen and oxygen atoms in total. The second-order valence-electron chi connectivity index (χ2n) is 9.44. The van der Waals surface area contributed by atoms with E-state index in [9.17, 15) is 14.7 Å². The van der Waals surface area contributed by atoms with Crippen LogP contribution in [0.1, 0.15) is 13.8 Å². The highest BCUT2D eigenvalue weighted by molar-refractivity contribution is 6.01. The van der Waals surface area contributed by atoms with E-state index < -0.39 is 6.09 Å². The number of nitrogens with zero attached hydrogens (tertiary/aromatic N) is 6. The van der Waals surface area contributed by atoms with E-state index in [0.29, 0.717) is 22.6 Å². The number of carbonyl (C=O) groups is 2. The summed E-state index contributed by atoms with van der Waals surface area (Å²) in [4.78, 5) is 36.9. The molecular formula is C27H29N7O4. The van der Waals surface area contributed by atoms with Crippen molar-refractivity contribution >= 4 is 28.7 Å². The van der Waals surface area contributed by atoms with Crippen LogP contribution in [0.5, 0.6) is 5.75 Å². The molecule has 3 heterocycles. The summed E-state index contributed by atoms with van der Waals surface area (Å²) in [5.41, 5.74) is 4.38. The van der Waals surface area contributed by atoms with Crippen molar-refractivity contribution in [1.29, 1.82) is 0 Å². The number of hydrogen-bond donors (Lipinski definition) is 2. The third kappa shape index (κ3) is 4.58. The van der Waals surface area contributed by atoms with Crippen LogP contribution in [0, 0.1) is 0 Å². The lowest BCUT2D eigenvalue weighted by atomic mass is 10.0. The highest BCUT2D eigenvalue weighted by Crippen LogP contribution is 2.37. The van der Waals surface area contributed by atoms with Crippen LogP contribution in [0.2, 0.25) is 0 Å². The lowest BCUT2D eigenvalue weighted by Gasteiger charge is -2.42. The van der Waals surface area contributed by atoms with Gasteiger partial charge in [0.05, 0.1) is 24.0 Å². The van der Waals surface area contributed by atoms with Crippen LogP contribution >= 0.6 is 0 Å². The molecular weight excluding hydrogens is 486 g/mol. The summed E-state index contributed by atoms with van der Waals surface area (Å²) in [6.45, 7) is 4.14. The molecule has 1 saturated heterocycles. The fourth-order valence-electron chi connectivity index (χ4n) is 4.90. The van der Waals surface area contributed by atoms with Crippen molar-refractivity contribution < 1.29 is 19.4 Å². The average molecular weight is 516 g/mol. The smallest absolute Gasteiger partial charge is 0.407 e. The number of carboxylic acid groups (broad SMARTS) is 1. The van der Waals surface area contributed by atoms with Crippen LogP contribution in [0.15, 0.2) is 55.0 Å². The molecule has 2 atom stereocenters. The Labute approximate surface area is 219 Å². The first kappa shape index (κ1) is 25.0. The maximum absolute atomic E-state index is 13.4. The van der Waals surface area contributed by atoms with Crippen molar-refractivity contribution in [2.45, 2.75) is 25.9 Å². The topological polar surface area (TPSA) is 126 Å². The predicted octanol–water partition coefficient (Wildman–Crippen LogP) is 4.31. The van der Waals surface area contributed by atoms with E-state index in [-0.39, 0.29) is 31.2 Å². The monoisotopic (exact) mass is 515 g/mol. The predicted molar refractivity (Wildman–Crippen MR) is 143 cm³/mol. The Hall–Kier alpha value is -4.67. The van der Waals surface area contributed by atoms with Gasteiger partial charge in [-0.3, -0.25) is 4.68 Å². The molecule has 0 bridgehead atoms. The van der Waals surface area contributed by atoms with Gasteiger partial charge < -0.3 is 25.0 Å². The fraction of sp³-hybridized carbons (Fsp3) is 0.296. The largest absolute Gasteiger partial charge is 0.494 e. The number of ether oxygens (including phenoxy) is 1. The summed E-state index contributed by atoms with van der Waals surface area (Å²) >= 11 is 0. The second kappa shape index (κ2) is 10.0. The third-order valence-electron chi connectivity index (χ3n) is 6.82. The third-order valence-corrected chi connectivity index (χ3v) is 6.82. The summed E-state index contributed by atoms with van der Waals surface area (Å²) in [5, 5.41) is 17.8. The van der Waals surface area contributed by atoms with Gasteiger partial charge in [0, 0.05) is 61.0 Å². The number of amides is 3. The number of piperazine rings is 1. The molecule has 1 fully saturated rings. The van der Waals surface area contributed by atoms with Crippen molar-refractivity contribution in [3.63, 3.8) is 0 Å². The Morgan fingerprint density at radius 3 is 2.45 bits per heavy atom. The molecule has 1 aliphatic heterocycles. The van der Waals surface area contributed by atoms with Crippen molar-refractivity contribution in [2.24, 2.45) is 7.05 Å². The number of urea groups is 1. The van der Waals surface area contributed by atoms with Crippen molar-refractivity contribution in [2.75, 3.05) is 25.5 Å². The quantitative estimate of drug-likeness (QED) is 0.415. The first-order valence-corrected chi connectivity index (χ1v) is 12.3. The summed E-state index contributed by atoms with van der Waals surface area (Å²) in [5.74, 6) is 0.454. The molecule has 0 radical (unpaired) electrons. The van der Waals surface area contributed by atoms with E-state index in [1.807, 2.05) is 56.6 Å². The Kier molecular flexibility index (Phi) is 6.58. The number of carbonyl (C=O) groups excluding carboxylic acids is 1. The maximum Gasteiger partial charge on any atom is 0.407 e. The number of hydrogen-bond acceptors (Lipinski definition) is 6. The van der Waals surface area contributed by atoms with E-state index in [0.717, 1.165) is 22.2 Å². The highest BCUT2D eigenvalue weighted by Gasteiger charge is 2.34. The molecule has 4 aromatic rings. The highest BCUT2D eigenvalue weighted by atomic mass is 16.5. The van der Waals surface area contributed by atoms with Gasteiger partial charge in [-0.05, 0) is 19.9 Å². The number of aromatic nitrogens is 4. The number of methoxy groups -OCH3 is 1. The van der Waals surface area contributed by atoms with E-state index in [1.165, 1.54) is 18.3 Å². The summed E-state index contributed by atoms with van der Waals surface area (Å²) in [7, 11) is 3.39. The first-order chi connectivity index (χ1) is 18.3. The fourth-order valence-corrected chi connectivity index (χ4v) is 4.90. The Morgan fingerprint density at radius 1 is 1.03 bits per heavy atom. The van der Waals surface area contributed by atoms with Crippen molar-refractivity contribution in [3.8, 4) is 28.3 Å². The Bertz CT molecular complexity index is 1500. The Morgan fingerprint density at radius 2 is 1.74 bits per heavy atom. The van der Waals surface area contributed by atoms with Crippen LogP contribution in [-0.2, 0) is 7.05 Å². The molecule has 0 unspecified atom stereocenters. The second-order valence-corrected chi connectivity index (χ2v) is 9.44. The zero-order valence-electron chi connectivity index (χ0n) is 21.6. The lowest BCUT2D eigenvalue weighted by molar-refractivity contribution is 0.0629.